The van der Waals surface area contributed by atoms with Crippen molar-refractivity contribution in [1.82, 2.24) is 5.32 Å². The second-order valence-electron chi connectivity index (χ2n) is 5.36. The van der Waals surface area contributed by atoms with Crippen LogP contribution in [0.1, 0.15) is 39.5 Å². The highest BCUT2D eigenvalue weighted by Crippen LogP contribution is 2.20. The third-order valence-corrected chi connectivity index (χ3v) is 3.64. The second-order valence-corrected chi connectivity index (χ2v) is 5.36. The number of hydrogen-bond acceptors (Lipinski definition) is 3. The molecule has 0 radical (unpaired) electrons. The van der Waals surface area contributed by atoms with Gasteiger partial charge in [-0.3, -0.25) is 4.79 Å². The van der Waals surface area contributed by atoms with E-state index >= 15 is 0 Å². The van der Waals surface area contributed by atoms with Gasteiger partial charge in [-0.25, -0.2) is 0 Å². The number of anilines is 1. The molecule has 1 unspecified atom stereocenters. The predicted molar refractivity (Wildman–Crippen MR) is 81.1 cm³/mol. The Bertz CT molecular complexity index is 442. The summed E-state index contributed by atoms with van der Waals surface area (Å²) in [5.74, 6) is 0.846. The van der Waals surface area contributed by atoms with Crippen molar-refractivity contribution in [2.24, 2.45) is 0 Å². The third kappa shape index (κ3) is 4.23. The van der Waals surface area contributed by atoms with E-state index in [2.05, 4.69) is 17.6 Å². The second kappa shape index (κ2) is 7.29. The molecule has 1 aliphatic rings. The maximum absolute atomic E-state index is 12.1. The van der Waals surface area contributed by atoms with Gasteiger partial charge < -0.3 is 15.4 Å². The van der Waals surface area contributed by atoms with Crippen molar-refractivity contribution >= 4 is 11.6 Å². The van der Waals surface area contributed by atoms with Crippen molar-refractivity contribution in [2.45, 2.75) is 51.7 Å². The first kappa shape index (κ1) is 14.9. The highest BCUT2D eigenvalue weighted by molar-refractivity contribution is 5.95. The van der Waals surface area contributed by atoms with Gasteiger partial charge in [0.1, 0.15) is 5.75 Å². The number of nitrogens with one attached hydrogen (secondary N) is 2. The molecule has 1 fully saturated rings. The zero-order valence-electron chi connectivity index (χ0n) is 12.3. The molecule has 1 saturated heterocycles. The number of amides is 1. The molecule has 4 nitrogen and oxygen atoms in total. The molecule has 110 valence electrons. The fourth-order valence-electron chi connectivity index (χ4n) is 2.27. The number of rotatable bonds is 5. The van der Waals surface area contributed by atoms with Gasteiger partial charge in [0.15, 0.2) is 0 Å². The molecule has 0 aliphatic carbocycles. The highest BCUT2D eigenvalue weighted by Gasteiger charge is 2.20. The topological polar surface area (TPSA) is 50.4 Å². The van der Waals surface area contributed by atoms with E-state index in [1.165, 1.54) is 0 Å². The Hall–Kier alpha value is -1.55. The number of carbonyl (C=O) groups excluding carboxylic acids is 1. The highest BCUT2D eigenvalue weighted by atomic mass is 16.5. The molecular weight excluding hydrogens is 252 g/mol. The van der Waals surface area contributed by atoms with E-state index in [-0.39, 0.29) is 18.1 Å². The number of hydrogen-bond donors (Lipinski definition) is 2. The minimum absolute atomic E-state index is 0.0467. The fraction of sp³-hybridized carbons (Fsp3) is 0.562. The first-order valence-corrected chi connectivity index (χ1v) is 7.50. The summed E-state index contributed by atoms with van der Waals surface area (Å²) < 4.78 is 5.76. The molecule has 1 aliphatic heterocycles. The Morgan fingerprint density at radius 3 is 3.05 bits per heavy atom. The largest absolute Gasteiger partial charge is 0.491 e. The standard InChI is InChI=1S/C16H24N2O2/c1-3-12(2)20-14-8-6-7-13(11-14)18-16(19)15-9-4-5-10-17-15/h6-8,11-12,15,17H,3-5,9-10H2,1-2H3,(H,18,19)/t12?,15-/m1/s1. The average Bonchev–Trinajstić information content (AvgIpc) is 2.48. The fourth-order valence-corrected chi connectivity index (χ4v) is 2.27. The first-order valence-electron chi connectivity index (χ1n) is 7.50. The molecule has 20 heavy (non-hydrogen) atoms. The van der Waals surface area contributed by atoms with Crippen molar-refractivity contribution in [3.05, 3.63) is 24.3 Å². The maximum Gasteiger partial charge on any atom is 0.241 e. The number of benzene rings is 1. The molecule has 2 atom stereocenters. The van der Waals surface area contributed by atoms with E-state index in [1.54, 1.807) is 0 Å². The molecule has 0 saturated carbocycles. The lowest BCUT2D eigenvalue weighted by molar-refractivity contribution is -0.118. The molecule has 2 rings (SSSR count). The van der Waals surface area contributed by atoms with Crippen LogP contribution in [0.25, 0.3) is 0 Å². The number of ether oxygens (including phenoxy) is 1. The van der Waals surface area contributed by atoms with Crippen LogP contribution in [0, 0.1) is 0 Å². The van der Waals surface area contributed by atoms with Gasteiger partial charge in [0.05, 0.1) is 12.1 Å². The zero-order chi connectivity index (χ0) is 14.4. The predicted octanol–water partition coefficient (Wildman–Crippen LogP) is 2.94. The minimum atomic E-state index is -0.0668. The van der Waals surface area contributed by atoms with E-state index in [4.69, 9.17) is 4.74 Å². The van der Waals surface area contributed by atoms with Gasteiger partial charge in [-0.1, -0.05) is 19.4 Å². The van der Waals surface area contributed by atoms with E-state index in [9.17, 15) is 4.79 Å². The lowest BCUT2D eigenvalue weighted by Gasteiger charge is -2.22. The molecule has 1 heterocycles. The van der Waals surface area contributed by atoms with Crippen LogP contribution in [-0.4, -0.2) is 24.6 Å². The monoisotopic (exact) mass is 276 g/mol. The van der Waals surface area contributed by atoms with Crippen LogP contribution >= 0.6 is 0 Å². The van der Waals surface area contributed by atoms with Crippen molar-refractivity contribution in [1.29, 1.82) is 0 Å². The Labute approximate surface area is 120 Å². The summed E-state index contributed by atoms with van der Waals surface area (Å²) in [5.41, 5.74) is 0.795. The van der Waals surface area contributed by atoms with Gasteiger partial charge in [0, 0.05) is 11.8 Å². The Balaban J connectivity index is 1.94. The maximum atomic E-state index is 12.1. The lowest BCUT2D eigenvalue weighted by Crippen LogP contribution is -2.43. The summed E-state index contributed by atoms with van der Waals surface area (Å²) in [6.45, 7) is 5.05. The summed E-state index contributed by atoms with van der Waals surface area (Å²) in [6, 6.07) is 7.53. The van der Waals surface area contributed by atoms with Gasteiger partial charge in [0.25, 0.3) is 0 Å². The normalized spacial score (nSPS) is 20.2. The minimum Gasteiger partial charge on any atom is -0.491 e. The van der Waals surface area contributed by atoms with Gasteiger partial charge in [0.2, 0.25) is 5.91 Å². The molecule has 1 aromatic rings. The van der Waals surface area contributed by atoms with Crippen molar-refractivity contribution < 1.29 is 9.53 Å². The quantitative estimate of drug-likeness (QED) is 0.869. The summed E-state index contributed by atoms with van der Waals surface area (Å²) >= 11 is 0. The molecule has 1 aromatic carbocycles. The zero-order valence-corrected chi connectivity index (χ0v) is 12.3. The van der Waals surface area contributed by atoms with Crippen LogP contribution < -0.4 is 15.4 Å². The molecule has 1 amide bonds. The lowest BCUT2D eigenvalue weighted by atomic mass is 10.0. The number of piperidine rings is 1. The molecule has 2 N–H and O–H groups in total. The Kier molecular flexibility index (Phi) is 5.41. The number of carbonyl (C=O) groups is 1. The van der Waals surface area contributed by atoms with E-state index in [0.717, 1.165) is 43.7 Å². The molecule has 0 spiro atoms. The Morgan fingerprint density at radius 2 is 2.35 bits per heavy atom. The third-order valence-electron chi connectivity index (χ3n) is 3.64. The van der Waals surface area contributed by atoms with Crippen molar-refractivity contribution in [2.75, 3.05) is 11.9 Å². The van der Waals surface area contributed by atoms with E-state index in [1.807, 2.05) is 31.2 Å². The van der Waals surface area contributed by atoms with Gasteiger partial charge in [-0.2, -0.15) is 0 Å². The van der Waals surface area contributed by atoms with Gasteiger partial charge in [-0.05, 0) is 44.9 Å². The van der Waals surface area contributed by atoms with Crippen LogP contribution in [-0.2, 0) is 4.79 Å². The van der Waals surface area contributed by atoms with Crippen LogP contribution in [0.5, 0.6) is 5.75 Å². The Morgan fingerprint density at radius 1 is 1.50 bits per heavy atom. The van der Waals surface area contributed by atoms with Crippen LogP contribution in [0.4, 0.5) is 5.69 Å². The first-order chi connectivity index (χ1) is 9.69. The van der Waals surface area contributed by atoms with Gasteiger partial charge in [-0.15, -0.1) is 0 Å². The summed E-state index contributed by atoms with van der Waals surface area (Å²) in [6.07, 6.45) is 4.32. The van der Waals surface area contributed by atoms with Gasteiger partial charge >= 0.3 is 0 Å². The van der Waals surface area contributed by atoms with Crippen LogP contribution in [0.15, 0.2) is 24.3 Å². The van der Waals surface area contributed by atoms with E-state index in [0.29, 0.717) is 0 Å². The summed E-state index contributed by atoms with van der Waals surface area (Å²) in [5, 5.41) is 6.21. The molecule has 0 aromatic heterocycles. The molecule has 0 bridgehead atoms. The molecular formula is C16H24N2O2. The summed E-state index contributed by atoms with van der Waals surface area (Å²) in [7, 11) is 0. The molecule has 4 heteroatoms. The summed E-state index contributed by atoms with van der Waals surface area (Å²) in [4.78, 5) is 12.1. The average molecular weight is 276 g/mol. The van der Waals surface area contributed by atoms with Crippen LogP contribution in [0.3, 0.4) is 0 Å². The smallest absolute Gasteiger partial charge is 0.241 e. The van der Waals surface area contributed by atoms with Crippen LogP contribution in [0.2, 0.25) is 0 Å². The SMILES string of the molecule is CCC(C)Oc1cccc(NC(=O)[C@H]2CCCCN2)c1. The van der Waals surface area contributed by atoms with Crippen molar-refractivity contribution in [3.8, 4) is 5.75 Å². The van der Waals surface area contributed by atoms with E-state index < -0.39 is 0 Å². The van der Waals surface area contributed by atoms with Crippen molar-refractivity contribution in [3.63, 3.8) is 0 Å².